The van der Waals surface area contributed by atoms with Gasteiger partial charge in [-0.3, -0.25) is 10.1 Å². The number of carboxylic acids is 1. The lowest BCUT2D eigenvalue weighted by atomic mass is 10.3. The van der Waals surface area contributed by atoms with Crippen LogP contribution in [0.5, 0.6) is 0 Å². The lowest BCUT2D eigenvalue weighted by molar-refractivity contribution is -0.136. The van der Waals surface area contributed by atoms with Crippen LogP contribution in [0.25, 0.3) is 0 Å². The van der Waals surface area contributed by atoms with Crippen LogP contribution in [0.2, 0.25) is 0 Å². The highest BCUT2D eigenvalue weighted by Gasteiger charge is 2.04. The molecule has 0 aromatic rings. The Morgan fingerprint density at radius 1 is 1.80 bits per heavy atom. The van der Waals surface area contributed by atoms with Crippen LogP contribution in [0.1, 0.15) is 19.8 Å². The lowest BCUT2D eigenvalue weighted by Crippen LogP contribution is -2.30. The van der Waals surface area contributed by atoms with Crippen molar-refractivity contribution in [3.05, 3.63) is 0 Å². The zero-order chi connectivity index (χ0) is 7.98. The molecule has 0 saturated carbocycles. The van der Waals surface area contributed by atoms with Gasteiger partial charge >= 0.3 is 5.97 Å². The molecule has 0 fully saturated rings. The second-order valence-electron chi connectivity index (χ2n) is 2.03. The first kappa shape index (κ1) is 9.36. The summed E-state index contributed by atoms with van der Waals surface area (Å²) in [6.45, 7) is 1.54. The molecule has 0 bridgehead atoms. The molecule has 1 atom stereocenters. The average molecular weight is 149 g/mol. The SMILES string of the molecule is CCCC(F)NCC(=O)O. The number of rotatable bonds is 5. The Morgan fingerprint density at radius 3 is 2.80 bits per heavy atom. The maximum Gasteiger partial charge on any atom is 0.317 e. The molecule has 4 heteroatoms. The topological polar surface area (TPSA) is 49.3 Å². The average Bonchev–Trinajstić information content (AvgIpc) is 1.85. The fraction of sp³-hybridized carbons (Fsp3) is 0.833. The van der Waals surface area contributed by atoms with E-state index in [1.165, 1.54) is 0 Å². The van der Waals surface area contributed by atoms with Crippen LogP contribution in [-0.4, -0.2) is 23.9 Å². The zero-order valence-electron chi connectivity index (χ0n) is 5.93. The van der Waals surface area contributed by atoms with Crippen LogP contribution < -0.4 is 5.32 Å². The summed E-state index contributed by atoms with van der Waals surface area (Å²) in [4.78, 5) is 9.88. The highest BCUT2D eigenvalue weighted by molar-refractivity contribution is 5.68. The van der Waals surface area contributed by atoms with E-state index >= 15 is 0 Å². The van der Waals surface area contributed by atoms with Gasteiger partial charge in [0.25, 0.3) is 0 Å². The normalized spacial score (nSPS) is 13.0. The van der Waals surface area contributed by atoms with Crippen molar-refractivity contribution in [1.29, 1.82) is 0 Å². The Labute approximate surface area is 59.2 Å². The Morgan fingerprint density at radius 2 is 2.40 bits per heavy atom. The van der Waals surface area contributed by atoms with Gasteiger partial charge in [0.15, 0.2) is 6.30 Å². The maximum absolute atomic E-state index is 12.4. The minimum atomic E-state index is -1.18. The zero-order valence-corrected chi connectivity index (χ0v) is 5.93. The van der Waals surface area contributed by atoms with Gasteiger partial charge in [-0.25, -0.2) is 4.39 Å². The second-order valence-corrected chi connectivity index (χ2v) is 2.03. The quantitative estimate of drug-likeness (QED) is 0.567. The predicted molar refractivity (Wildman–Crippen MR) is 35.4 cm³/mol. The van der Waals surface area contributed by atoms with E-state index in [4.69, 9.17) is 5.11 Å². The maximum atomic E-state index is 12.4. The predicted octanol–water partition coefficient (Wildman–Crippen LogP) is 0.756. The van der Waals surface area contributed by atoms with Crippen molar-refractivity contribution in [3.63, 3.8) is 0 Å². The van der Waals surface area contributed by atoms with Crippen LogP contribution in [0.4, 0.5) is 4.39 Å². The number of hydrogen-bond donors (Lipinski definition) is 2. The van der Waals surface area contributed by atoms with Gasteiger partial charge in [0.2, 0.25) is 0 Å². The molecule has 0 spiro atoms. The molecule has 10 heavy (non-hydrogen) atoms. The van der Waals surface area contributed by atoms with Crippen molar-refractivity contribution < 1.29 is 14.3 Å². The number of nitrogens with one attached hydrogen (secondary N) is 1. The summed E-state index contributed by atoms with van der Waals surface area (Å²) in [5, 5.41) is 10.3. The molecule has 0 aliphatic carbocycles. The van der Waals surface area contributed by atoms with Crippen LogP contribution in [0.15, 0.2) is 0 Å². The first-order valence-electron chi connectivity index (χ1n) is 3.26. The van der Waals surface area contributed by atoms with Crippen LogP contribution in [0.3, 0.4) is 0 Å². The molecule has 0 heterocycles. The fourth-order valence-electron chi connectivity index (χ4n) is 0.554. The van der Waals surface area contributed by atoms with Gasteiger partial charge in [0.1, 0.15) is 0 Å². The summed E-state index contributed by atoms with van der Waals surface area (Å²) in [5.41, 5.74) is 0. The molecule has 0 aliphatic rings. The summed E-state index contributed by atoms with van der Waals surface area (Å²) < 4.78 is 12.4. The number of hydrogen-bond acceptors (Lipinski definition) is 2. The van der Waals surface area contributed by atoms with Gasteiger partial charge in [-0.05, 0) is 6.42 Å². The van der Waals surface area contributed by atoms with Crippen molar-refractivity contribution >= 4 is 5.97 Å². The molecule has 0 rings (SSSR count). The van der Waals surface area contributed by atoms with Crippen LogP contribution >= 0.6 is 0 Å². The minimum absolute atomic E-state index is 0.304. The van der Waals surface area contributed by atoms with Crippen molar-refractivity contribution in [1.82, 2.24) is 5.32 Å². The Kier molecular flexibility index (Phi) is 4.84. The minimum Gasteiger partial charge on any atom is -0.480 e. The van der Waals surface area contributed by atoms with Gasteiger partial charge in [0, 0.05) is 0 Å². The third-order valence-corrected chi connectivity index (χ3v) is 1.02. The smallest absolute Gasteiger partial charge is 0.317 e. The number of carbonyl (C=O) groups is 1. The number of halogens is 1. The highest BCUT2D eigenvalue weighted by Crippen LogP contribution is 1.95. The van der Waals surface area contributed by atoms with E-state index < -0.39 is 12.3 Å². The van der Waals surface area contributed by atoms with E-state index in [1.807, 2.05) is 6.92 Å². The summed E-state index contributed by atoms with van der Waals surface area (Å²) in [5.74, 6) is -1.03. The van der Waals surface area contributed by atoms with Crippen molar-refractivity contribution in [2.45, 2.75) is 26.1 Å². The van der Waals surface area contributed by atoms with E-state index in [-0.39, 0.29) is 6.54 Å². The van der Waals surface area contributed by atoms with E-state index in [9.17, 15) is 9.18 Å². The van der Waals surface area contributed by atoms with E-state index in [0.29, 0.717) is 12.8 Å². The number of aliphatic carboxylic acids is 1. The Hall–Kier alpha value is -0.640. The summed E-state index contributed by atoms with van der Waals surface area (Å²) in [7, 11) is 0. The number of alkyl halides is 1. The van der Waals surface area contributed by atoms with Gasteiger partial charge in [-0.2, -0.15) is 0 Å². The Balaban J connectivity index is 3.21. The summed E-state index contributed by atoms with van der Waals surface area (Å²) >= 11 is 0. The van der Waals surface area contributed by atoms with Gasteiger partial charge in [0.05, 0.1) is 6.54 Å². The van der Waals surface area contributed by atoms with E-state index in [2.05, 4.69) is 5.32 Å². The molecule has 0 radical (unpaired) electrons. The van der Waals surface area contributed by atoms with E-state index in [1.54, 1.807) is 0 Å². The van der Waals surface area contributed by atoms with Gasteiger partial charge in [-0.1, -0.05) is 13.3 Å². The molecular weight excluding hydrogens is 137 g/mol. The molecule has 0 amide bonds. The Bertz CT molecular complexity index is 108. The molecule has 0 saturated heterocycles. The third-order valence-electron chi connectivity index (χ3n) is 1.02. The molecule has 0 aliphatic heterocycles. The summed E-state index contributed by atoms with van der Waals surface area (Å²) in [6, 6.07) is 0. The van der Waals surface area contributed by atoms with Gasteiger partial charge in [-0.15, -0.1) is 0 Å². The molecule has 60 valence electrons. The summed E-state index contributed by atoms with van der Waals surface area (Å²) in [6.07, 6.45) is -0.0951. The lowest BCUT2D eigenvalue weighted by Gasteiger charge is -2.05. The molecule has 2 N–H and O–H groups in total. The second kappa shape index (κ2) is 5.17. The molecule has 0 aromatic heterocycles. The first-order chi connectivity index (χ1) is 4.66. The standard InChI is InChI=1S/C6H12FNO2/c1-2-3-5(7)8-4-6(9)10/h5,8H,2-4H2,1H3,(H,9,10). The van der Waals surface area contributed by atoms with Crippen LogP contribution in [0, 0.1) is 0 Å². The largest absolute Gasteiger partial charge is 0.480 e. The van der Waals surface area contributed by atoms with Crippen LogP contribution in [-0.2, 0) is 4.79 Å². The first-order valence-corrected chi connectivity index (χ1v) is 3.26. The molecule has 1 unspecified atom stereocenters. The fourth-order valence-corrected chi connectivity index (χ4v) is 0.554. The number of carboxylic acid groups (broad SMARTS) is 1. The van der Waals surface area contributed by atoms with Crippen molar-refractivity contribution in [2.75, 3.05) is 6.54 Å². The highest BCUT2D eigenvalue weighted by atomic mass is 19.1. The van der Waals surface area contributed by atoms with Gasteiger partial charge < -0.3 is 5.11 Å². The molecular formula is C6H12FNO2. The third kappa shape index (κ3) is 5.50. The monoisotopic (exact) mass is 149 g/mol. The molecule has 3 nitrogen and oxygen atoms in total. The van der Waals surface area contributed by atoms with Crippen molar-refractivity contribution in [3.8, 4) is 0 Å². The molecule has 0 aromatic carbocycles. The van der Waals surface area contributed by atoms with Crippen molar-refractivity contribution in [2.24, 2.45) is 0 Å². The van der Waals surface area contributed by atoms with E-state index in [0.717, 1.165) is 0 Å².